The first-order valence-corrected chi connectivity index (χ1v) is 8.93. The second kappa shape index (κ2) is 7.97. The lowest BCUT2D eigenvalue weighted by Gasteiger charge is -2.18. The van der Waals surface area contributed by atoms with Crippen molar-refractivity contribution in [3.63, 3.8) is 0 Å². The highest BCUT2D eigenvalue weighted by Gasteiger charge is 2.30. The molecule has 28 heavy (non-hydrogen) atoms. The molecule has 0 N–H and O–H groups in total. The Morgan fingerprint density at radius 1 is 1.18 bits per heavy atom. The Balaban J connectivity index is 1.77. The van der Waals surface area contributed by atoms with Crippen LogP contribution in [0.15, 0.2) is 53.9 Å². The van der Waals surface area contributed by atoms with Crippen LogP contribution in [0.2, 0.25) is 0 Å². The summed E-state index contributed by atoms with van der Waals surface area (Å²) in [5, 5.41) is 1.83. The number of para-hydroxylation sites is 1. The Morgan fingerprint density at radius 2 is 1.93 bits per heavy atom. The van der Waals surface area contributed by atoms with Gasteiger partial charge in [-0.25, -0.2) is 9.37 Å². The van der Waals surface area contributed by atoms with E-state index in [1.54, 1.807) is 11.4 Å². The van der Waals surface area contributed by atoms with Gasteiger partial charge in [0.25, 0.3) is 0 Å². The van der Waals surface area contributed by atoms with Gasteiger partial charge in [0, 0.05) is 12.3 Å². The number of carbonyl (C=O) groups excluding carboxylic acids is 1. The van der Waals surface area contributed by atoms with Gasteiger partial charge in [0.15, 0.2) is 5.13 Å². The molecule has 9 heteroatoms. The van der Waals surface area contributed by atoms with Gasteiger partial charge < -0.3 is 4.74 Å². The van der Waals surface area contributed by atoms with Gasteiger partial charge in [-0.15, -0.1) is 11.3 Å². The molecule has 0 bridgehead atoms. The van der Waals surface area contributed by atoms with Gasteiger partial charge in [0.2, 0.25) is 5.91 Å². The summed E-state index contributed by atoms with van der Waals surface area (Å²) in [7, 11) is 0. The van der Waals surface area contributed by atoms with E-state index in [-0.39, 0.29) is 23.2 Å². The van der Waals surface area contributed by atoms with Crippen molar-refractivity contribution in [1.29, 1.82) is 0 Å². The average molecular weight is 410 g/mol. The summed E-state index contributed by atoms with van der Waals surface area (Å²) in [6, 6.07) is 10.3. The van der Waals surface area contributed by atoms with E-state index in [2.05, 4.69) is 4.98 Å². The maximum Gasteiger partial charge on any atom is 0.416 e. The summed E-state index contributed by atoms with van der Waals surface area (Å²) < 4.78 is 57.7. The van der Waals surface area contributed by atoms with Gasteiger partial charge in [-0.1, -0.05) is 18.2 Å². The molecule has 3 rings (SSSR count). The molecule has 4 nitrogen and oxygen atoms in total. The largest absolute Gasteiger partial charge is 0.487 e. The number of hydrogen-bond donors (Lipinski definition) is 0. The molecule has 0 atom stereocenters. The van der Waals surface area contributed by atoms with E-state index in [9.17, 15) is 22.4 Å². The summed E-state index contributed by atoms with van der Waals surface area (Å²) in [6.45, 7) is 1.19. The van der Waals surface area contributed by atoms with E-state index >= 15 is 0 Å². The molecule has 0 aliphatic heterocycles. The number of halogens is 4. The lowest BCUT2D eigenvalue weighted by atomic mass is 10.2. The summed E-state index contributed by atoms with van der Waals surface area (Å²) in [4.78, 5) is 17.4. The third-order valence-electron chi connectivity index (χ3n) is 3.69. The number of aromatic nitrogens is 1. The maximum absolute atomic E-state index is 14.1. The van der Waals surface area contributed by atoms with Crippen molar-refractivity contribution in [1.82, 2.24) is 4.98 Å². The van der Waals surface area contributed by atoms with Gasteiger partial charge in [-0.3, -0.25) is 9.69 Å². The van der Waals surface area contributed by atoms with Gasteiger partial charge >= 0.3 is 6.18 Å². The van der Waals surface area contributed by atoms with Crippen LogP contribution in [-0.2, 0) is 17.6 Å². The van der Waals surface area contributed by atoms with Crippen LogP contribution in [0.4, 0.5) is 28.4 Å². The minimum absolute atomic E-state index is 0.0434. The quantitative estimate of drug-likeness (QED) is 0.517. The predicted molar refractivity (Wildman–Crippen MR) is 97.1 cm³/mol. The van der Waals surface area contributed by atoms with Crippen LogP contribution in [0.3, 0.4) is 0 Å². The van der Waals surface area contributed by atoms with E-state index in [1.165, 1.54) is 37.3 Å². The number of alkyl halides is 3. The number of ether oxygens (including phenoxy) is 1. The van der Waals surface area contributed by atoms with Crippen molar-refractivity contribution in [2.75, 3.05) is 4.90 Å². The molecule has 0 aliphatic carbocycles. The summed E-state index contributed by atoms with van der Waals surface area (Å²) >= 11 is 1.10. The van der Waals surface area contributed by atoms with Crippen molar-refractivity contribution in [3.05, 3.63) is 71.0 Å². The molecule has 0 aliphatic rings. The van der Waals surface area contributed by atoms with Crippen LogP contribution in [0.5, 0.6) is 5.75 Å². The van der Waals surface area contributed by atoms with E-state index in [4.69, 9.17) is 4.74 Å². The molecule has 1 aromatic heterocycles. The number of nitrogens with zero attached hydrogens (tertiary/aromatic N) is 2. The molecule has 1 heterocycles. The minimum atomic E-state index is -4.46. The van der Waals surface area contributed by atoms with Crippen molar-refractivity contribution in [2.24, 2.45) is 0 Å². The SMILES string of the molecule is CC(=O)N(c1nc(COc2cccc(C(F)(F)F)c2)cs1)c1ccccc1F. The molecule has 0 unspecified atom stereocenters. The highest BCUT2D eigenvalue weighted by molar-refractivity contribution is 7.14. The first-order valence-electron chi connectivity index (χ1n) is 8.05. The molecule has 0 saturated heterocycles. The molecule has 1 amide bonds. The summed E-state index contributed by atoms with van der Waals surface area (Å²) in [6.07, 6.45) is -4.46. The Labute approximate surface area is 162 Å². The van der Waals surface area contributed by atoms with E-state index in [0.29, 0.717) is 5.69 Å². The van der Waals surface area contributed by atoms with Crippen LogP contribution in [-0.4, -0.2) is 10.9 Å². The average Bonchev–Trinajstić information content (AvgIpc) is 3.09. The van der Waals surface area contributed by atoms with E-state index < -0.39 is 23.5 Å². The lowest BCUT2D eigenvalue weighted by molar-refractivity contribution is -0.137. The highest BCUT2D eigenvalue weighted by atomic mass is 32.1. The standard InChI is InChI=1S/C19H14F4N2O2S/c1-12(26)25(17-8-3-2-7-16(17)20)18-24-14(11-28-18)10-27-15-6-4-5-13(9-15)19(21,22)23/h2-9,11H,10H2,1H3. The number of thiazole rings is 1. The molecule has 0 saturated carbocycles. The second-order valence-electron chi connectivity index (χ2n) is 5.74. The van der Waals surface area contributed by atoms with Crippen LogP contribution in [0.1, 0.15) is 18.2 Å². The number of rotatable bonds is 5. The Morgan fingerprint density at radius 3 is 2.61 bits per heavy atom. The van der Waals surface area contributed by atoms with Crippen LogP contribution in [0, 0.1) is 5.82 Å². The Hall–Kier alpha value is -2.94. The monoisotopic (exact) mass is 410 g/mol. The molecule has 0 fully saturated rings. The first kappa shape index (κ1) is 19.8. The fourth-order valence-electron chi connectivity index (χ4n) is 2.43. The fourth-order valence-corrected chi connectivity index (χ4v) is 3.29. The number of carbonyl (C=O) groups is 1. The van der Waals surface area contributed by atoms with Gasteiger partial charge in [0.1, 0.15) is 18.2 Å². The van der Waals surface area contributed by atoms with Crippen LogP contribution in [0.25, 0.3) is 0 Å². The smallest absolute Gasteiger partial charge is 0.416 e. The molecule has 0 spiro atoms. The fraction of sp³-hybridized carbons (Fsp3) is 0.158. The number of amides is 1. The lowest BCUT2D eigenvalue weighted by Crippen LogP contribution is -2.23. The van der Waals surface area contributed by atoms with Gasteiger partial charge in [-0.05, 0) is 30.3 Å². The highest BCUT2D eigenvalue weighted by Crippen LogP contribution is 2.33. The first-order chi connectivity index (χ1) is 13.3. The Bertz CT molecular complexity index is 988. The van der Waals surface area contributed by atoms with Crippen molar-refractivity contribution < 1.29 is 27.1 Å². The third-order valence-corrected chi connectivity index (χ3v) is 4.56. The zero-order valence-electron chi connectivity index (χ0n) is 14.5. The Kier molecular flexibility index (Phi) is 5.64. The van der Waals surface area contributed by atoms with Gasteiger partial charge in [0.05, 0.1) is 16.9 Å². The van der Waals surface area contributed by atoms with Crippen LogP contribution < -0.4 is 9.64 Å². The summed E-state index contributed by atoms with van der Waals surface area (Å²) in [5.41, 5.74) is -0.346. The maximum atomic E-state index is 14.1. The molecule has 146 valence electrons. The molecule has 3 aromatic rings. The normalized spacial score (nSPS) is 11.3. The zero-order valence-corrected chi connectivity index (χ0v) is 15.4. The van der Waals surface area contributed by atoms with Crippen molar-refractivity contribution in [3.8, 4) is 5.75 Å². The third kappa shape index (κ3) is 4.48. The number of anilines is 2. The van der Waals surface area contributed by atoms with Crippen molar-refractivity contribution in [2.45, 2.75) is 19.7 Å². The molecular weight excluding hydrogens is 396 g/mol. The van der Waals surface area contributed by atoms with E-state index in [1.807, 2.05) is 0 Å². The number of benzene rings is 2. The molecule has 2 aromatic carbocycles. The topological polar surface area (TPSA) is 42.4 Å². The van der Waals surface area contributed by atoms with Gasteiger partial charge in [-0.2, -0.15) is 13.2 Å². The number of hydrogen-bond acceptors (Lipinski definition) is 4. The zero-order chi connectivity index (χ0) is 20.3. The van der Waals surface area contributed by atoms with E-state index in [0.717, 1.165) is 28.4 Å². The second-order valence-corrected chi connectivity index (χ2v) is 6.58. The molecule has 0 radical (unpaired) electrons. The van der Waals surface area contributed by atoms with Crippen molar-refractivity contribution >= 4 is 28.1 Å². The van der Waals surface area contributed by atoms with Crippen LogP contribution >= 0.6 is 11.3 Å². The summed E-state index contributed by atoms with van der Waals surface area (Å²) in [5.74, 6) is -0.957. The predicted octanol–water partition coefficient (Wildman–Crippen LogP) is 5.56. The minimum Gasteiger partial charge on any atom is -0.487 e. The molecular formula is C19H14F4N2O2S.